The molecular weight excluding hydrogens is 413 g/mol. The highest BCUT2D eigenvalue weighted by Crippen LogP contribution is 2.36. The highest BCUT2D eigenvalue weighted by atomic mass is 19.1. The summed E-state index contributed by atoms with van der Waals surface area (Å²) in [6.07, 6.45) is 6.94. The van der Waals surface area contributed by atoms with Crippen LogP contribution in [0.2, 0.25) is 0 Å². The van der Waals surface area contributed by atoms with Gasteiger partial charge in [-0.1, -0.05) is 0 Å². The number of anilines is 2. The molecule has 0 atom stereocenters. The van der Waals surface area contributed by atoms with E-state index in [1.807, 2.05) is 11.8 Å². The van der Waals surface area contributed by atoms with E-state index in [0.29, 0.717) is 34.3 Å². The first-order chi connectivity index (χ1) is 15.5. The van der Waals surface area contributed by atoms with E-state index in [-0.39, 0.29) is 24.6 Å². The number of aryl methyl sites for hydroxylation is 1. The van der Waals surface area contributed by atoms with Crippen LogP contribution in [0.15, 0.2) is 24.7 Å². The fourth-order valence-electron chi connectivity index (χ4n) is 4.56. The Morgan fingerprint density at radius 3 is 2.69 bits per heavy atom. The SMILES string of the molecule is CO[C@H]1CC[C@@H](N2CC(=O)Nc3ncc(-c4cc(F)c(-c5nc[nH]n5)cc4C)nc32)CC1. The van der Waals surface area contributed by atoms with E-state index in [9.17, 15) is 9.18 Å². The average Bonchev–Trinajstić information content (AvgIpc) is 3.34. The van der Waals surface area contributed by atoms with Crippen LogP contribution in [0, 0.1) is 12.7 Å². The second kappa shape index (κ2) is 8.27. The third-order valence-electron chi connectivity index (χ3n) is 6.26. The van der Waals surface area contributed by atoms with Crippen molar-refractivity contribution >= 4 is 17.5 Å². The number of halogens is 1. The highest BCUT2D eigenvalue weighted by Gasteiger charge is 2.33. The lowest BCUT2D eigenvalue weighted by Crippen LogP contribution is -2.47. The summed E-state index contributed by atoms with van der Waals surface area (Å²) in [5.41, 5.74) is 2.33. The standard InChI is InChI=1S/C22H24FN7O2/c1-12-7-16(20-25-11-26-29-20)17(23)8-15(12)18-9-24-21-22(27-18)30(10-19(31)28-21)13-3-5-14(32-2)6-4-13/h7-9,11,13-14H,3-6,10H2,1-2H3,(H,24,28,31)(H,25,26,29)/t13-,14+. The van der Waals surface area contributed by atoms with Crippen molar-refractivity contribution < 1.29 is 13.9 Å². The summed E-state index contributed by atoms with van der Waals surface area (Å²) in [5.74, 6) is 0.823. The number of hydrogen-bond acceptors (Lipinski definition) is 7. The number of H-pyrrole nitrogens is 1. The van der Waals surface area contributed by atoms with Gasteiger partial charge in [0.1, 0.15) is 12.1 Å². The van der Waals surface area contributed by atoms with Gasteiger partial charge in [-0.25, -0.2) is 19.3 Å². The van der Waals surface area contributed by atoms with Crippen molar-refractivity contribution in [1.29, 1.82) is 0 Å². The molecule has 1 aromatic carbocycles. The number of methoxy groups -OCH3 is 1. The van der Waals surface area contributed by atoms with Crippen molar-refractivity contribution in [3.63, 3.8) is 0 Å². The van der Waals surface area contributed by atoms with Crippen LogP contribution in [0.4, 0.5) is 16.0 Å². The van der Waals surface area contributed by atoms with Gasteiger partial charge in [0.25, 0.3) is 0 Å². The molecule has 0 unspecified atom stereocenters. The minimum absolute atomic E-state index is 0.105. The fourth-order valence-corrected chi connectivity index (χ4v) is 4.56. The molecule has 0 saturated heterocycles. The van der Waals surface area contributed by atoms with E-state index in [1.54, 1.807) is 19.4 Å². The minimum Gasteiger partial charge on any atom is -0.381 e. The van der Waals surface area contributed by atoms with Crippen LogP contribution < -0.4 is 10.2 Å². The van der Waals surface area contributed by atoms with Gasteiger partial charge in [0.05, 0.1) is 30.1 Å². The van der Waals surface area contributed by atoms with E-state index in [1.165, 1.54) is 12.4 Å². The van der Waals surface area contributed by atoms with E-state index in [0.717, 1.165) is 31.2 Å². The van der Waals surface area contributed by atoms with Gasteiger partial charge in [0.15, 0.2) is 17.5 Å². The molecule has 10 heteroatoms. The third kappa shape index (κ3) is 3.70. The number of aromatic nitrogens is 5. The Bertz CT molecular complexity index is 1140. The number of ether oxygens (including phenoxy) is 1. The molecule has 2 aliphatic rings. The number of nitrogens with one attached hydrogen (secondary N) is 2. The maximum atomic E-state index is 14.9. The third-order valence-corrected chi connectivity index (χ3v) is 6.26. The molecule has 32 heavy (non-hydrogen) atoms. The average molecular weight is 437 g/mol. The summed E-state index contributed by atoms with van der Waals surface area (Å²) >= 11 is 0. The lowest BCUT2D eigenvalue weighted by molar-refractivity contribution is -0.115. The van der Waals surface area contributed by atoms with Crippen molar-refractivity contribution in [2.24, 2.45) is 0 Å². The fraction of sp³-hybridized carbons (Fsp3) is 0.409. The molecule has 3 aromatic rings. The van der Waals surface area contributed by atoms with Crippen molar-refractivity contribution in [3.05, 3.63) is 36.0 Å². The lowest BCUT2D eigenvalue weighted by Gasteiger charge is -2.39. The first-order valence-corrected chi connectivity index (χ1v) is 10.7. The summed E-state index contributed by atoms with van der Waals surface area (Å²) in [6.45, 7) is 2.11. The minimum atomic E-state index is -0.437. The van der Waals surface area contributed by atoms with E-state index >= 15 is 0 Å². The molecule has 2 N–H and O–H groups in total. The zero-order chi connectivity index (χ0) is 22.2. The lowest BCUT2D eigenvalue weighted by atomic mass is 9.91. The summed E-state index contributed by atoms with van der Waals surface area (Å²) < 4.78 is 20.4. The van der Waals surface area contributed by atoms with Crippen LogP contribution in [0.5, 0.6) is 0 Å². The molecule has 1 amide bonds. The number of nitrogens with zero attached hydrogens (tertiary/aromatic N) is 5. The largest absolute Gasteiger partial charge is 0.381 e. The summed E-state index contributed by atoms with van der Waals surface area (Å²) in [4.78, 5) is 27.6. The van der Waals surface area contributed by atoms with Gasteiger partial charge in [-0.3, -0.25) is 9.89 Å². The smallest absolute Gasteiger partial charge is 0.245 e. The molecule has 1 saturated carbocycles. The van der Waals surface area contributed by atoms with Crippen molar-refractivity contribution in [2.75, 3.05) is 23.9 Å². The van der Waals surface area contributed by atoms with Crippen LogP contribution in [0.25, 0.3) is 22.6 Å². The monoisotopic (exact) mass is 437 g/mol. The molecule has 0 radical (unpaired) electrons. The maximum absolute atomic E-state index is 14.9. The van der Waals surface area contributed by atoms with Crippen LogP contribution in [0.1, 0.15) is 31.2 Å². The Kier molecular flexibility index (Phi) is 5.30. The van der Waals surface area contributed by atoms with Gasteiger partial charge in [-0.2, -0.15) is 5.10 Å². The van der Waals surface area contributed by atoms with Crippen LogP contribution in [-0.2, 0) is 9.53 Å². The number of benzene rings is 1. The number of rotatable bonds is 4. The number of hydrogen-bond donors (Lipinski definition) is 2. The number of carbonyl (C=O) groups excluding carboxylic acids is 1. The molecule has 2 aromatic heterocycles. The molecular formula is C22H24FN7O2. The highest BCUT2D eigenvalue weighted by molar-refractivity contribution is 5.99. The Morgan fingerprint density at radius 2 is 1.97 bits per heavy atom. The Labute approximate surface area is 184 Å². The first-order valence-electron chi connectivity index (χ1n) is 10.7. The predicted octanol–water partition coefficient (Wildman–Crippen LogP) is 3.09. The first kappa shape index (κ1) is 20.5. The Balaban J connectivity index is 1.50. The summed E-state index contributed by atoms with van der Waals surface area (Å²) in [7, 11) is 1.74. The molecule has 1 fully saturated rings. The molecule has 5 rings (SSSR count). The summed E-state index contributed by atoms with van der Waals surface area (Å²) in [6, 6.07) is 3.33. The molecule has 1 aliphatic heterocycles. The van der Waals surface area contributed by atoms with Gasteiger partial charge in [0, 0.05) is 18.7 Å². The molecule has 9 nitrogen and oxygen atoms in total. The molecule has 1 aliphatic carbocycles. The second-order valence-corrected chi connectivity index (χ2v) is 8.24. The number of aromatic amines is 1. The van der Waals surface area contributed by atoms with Gasteiger partial charge >= 0.3 is 0 Å². The molecule has 3 heterocycles. The van der Waals surface area contributed by atoms with E-state index in [4.69, 9.17) is 9.72 Å². The van der Waals surface area contributed by atoms with Gasteiger partial charge in [-0.15, -0.1) is 0 Å². The quantitative estimate of drug-likeness (QED) is 0.646. The van der Waals surface area contributed by atoms with Crippen molar-refractivity contribution in [1.82, 2.24) is 25.1 Å². The zero-order valence-corrected chi connectivity index (χ0v) is 17.9. The van der Waals surface area contributed by atoms with Crippen molar-refractivity contribution in [2.45, 2.75) is 44.8 Å². The second-order valence-electron chi connectivity index (χ2n) is 8.24. The van der Waals surface area contributed by atoms with Crippen LogP contribution >= 0.6 is 0 Å². The van der Waals surface area contributed by atoms with Crippen LogP contribution in [-0.4, -0.2) is 56.9 Å². The normalized spacial score (nSPS) is 20.7. The van der Waals surface area contributed by atoms with Crippen LogP contribution in [0.3, 0.4) is 0 Å². The predicted molar refractivity (Wildman–Crippen MR) is 117 cm³/mol. The molecule has 0 bridgehead atoms. The number of fused-ring (bicyclic) bond motifs is 1. The zero-order valence-electron chi connectivity index (χ0n) is 17.9. The molecule has 0 spiro atoms. The number of carbonyl (C=O) groups is 1. The Hall–Kier alpha value is -3.40. The van der Waals surface area contributed by atoms with E-state index < -0.39 is 5.82 Å². The van der Waals surface area contributed by atoms with Gasteiger partial charge < -0.3 is 15.0 Å². The summed E-state index contributed by atoms with van der Waals surface area (Å²) in [5, 5.41) is 9.38. The maximum Gasteiger partial charge on any atom is 0.245 e. The van der Waals surface area contributed by atoms with E-state index in [2.05, 4.69) is 25.5 Å². The number of amides is 1. The van der Waals surface area contributed by atoms with Crippen molar-refractivity contribution in [3.8, 4) is 22.6 Å². The molecule has 166 valence electrons. The topological polar surface area (TPSA) is 109 Å². The van der Waals surface area contributed by atoms with Gasteiger partial charge in [0.2, 0.25) is 5.91 Å². The van der Waals surface area contributed by atoms with Gasteiger partial charge in [-0.05, 0) is 50.3 Å². The Morgan fingerprint density at radius 1 is 1.16 bits per heavy atom.